The first-order chi connectivity index (χ1) is 9.20. The molecule has 0 bridgehead atoms. The van der Waals surface area contributed by atoms with Crippen molar-refractivity contribution >= 4 is 37.6 Å². The van der Waals surface area contributed by atoms with Crippen LogP contribution in [0.5, 0.6) is 5.75 Å². The van der Waals surface area contributed by atoms with Crippen LogP contribution in [0.2, 0.25) is 0 Å². The first kappa shape index (κ1) is 17.4. The zero-order valence-electron chi connectivity index (χ0n) is 10.3. The smallest absolute Gasteiger partial charge is 0.455 e. The number of carbonyl (C=O) groups is 1. The maximum absolute atomic E-state index is 14.1. The lowest BCUT2D eigenvalue weighted by molar-refractivity contribution is -0.0888. The first-order valence-corrected chi connectivity index (χ1v) is 7.20. The summed E-state index contributed by atoms with van der Waals surface area (Å²) in [6.45, 7) is 2.03. The molecule has 112 valence electrons. The van der Waals surface area contributed by atoms with Crippen molar-refractivity contribution in [3.63, 3.8) is 0 Å². The predicted molar refractivity (Wildman–Crippen MR) is 72.6 cm³/mol. The van der Waals surface area contributed by atoms with Gasteiger partial charge in [-0.2, -0.15) is 13.2 Å². The minimum Gasteiger partial charge on any atom is -0.489 e. The van der Waals surface area contributed by atoms with Gasteiger partial charge in [-0.1, -0.05) is 13.3 Å². The van der Waals surface area contributed by atoms with Crippen LogP contribution in [0.4, 0.5) is 17.6 Å². The molecule has 0 aliphatic rings. The molecule has 0 N–H and O–H groups in total. The lowest BCUT2D eigenvalue weighted by atomic mass is 10.1. The molecular formula is C12H10Br2F4O2. The summed E-state index contributed by atoms with van der Waals surface area (Å²) >= 11 is 5.76. The summed E-state index contributed by atoms with van der Waals surface area (Å²) in [4.78, 5) is 11.2. The number of ether oxygens (including phenoxy) is 1. The van der Waals surface area contributed by atoms with Gasteiger partial charge in [0.2, 0.25) is 0 Å². The fraction of sp³-hybridized carbons (Fsp3) is 0.417. The quantitative estimate of drug-likeness (QED) is 0.367. The van der Waals surface area contributed by atoms with Gasteiger partial charge >= 0.3 is 6.18 Å². The van der Waals surface area contributed by atoms with Gasteiger partial charge in [-0.25, -0.2) is 4.39 Å². The highest BCUT2D eigenvalue weighted by atomic mass is 79.9. The highest BCUT2D eigenvalue weighted by Gasteiger charge is 2.42. The van der Waals surface area contributed by atoms with Crippen molar-refractivity contribution in [2.75, 3.05) is 6.61 Å². The largest absolute Gasteiger partial charge is 0.489 e. The second kappa shape index (κ2) is 6.89. The van der Waals surface area contributed by atoms with E-state index in [-0.39, 0.29) is 15.6 Å². The minimum atomic E-state index is -5.15. The number of hydrogen-bond acceptors (Lipinski definition) is 2. The van der Waals surface area contributed by atoms with Crippen LogP contribution in [0.15, 0.2) is 15.0 Å². The molecule has 0 aliphatic carbocycles. The molecule has 0 saturated carbocycles. The molecule has 0 aromatic heterocycles. The van der Waals surface area contributed by atoms with Crippen molar-refractivity contribution in [2.24, 2.45) is 0 Å². The van der Waals surface area contributed by atoms with E-state index in [1.165, 1.54) is 0 Å². The maximum atomic E-state index is 14.1. The molecule has 0 amide bonds. The van der Waals surface area contributed by atoms with Crippen LogP contribution >= 0.6 is 31.9 Å². The second-order valence-corrected chi connectivity index (χ2v) is 5.60. The van der Waals surface area contributed by atoms with Gasteiger partial charge in [-0.05, 0) is 44.3 Å². The fourth-order valence-corrected chi connectivity index (χ4v) is 2.78. The molecule has 20 heavy (non-hydrogen) atoms. The van der Waals surface area contributed by atoms with Gasteiger partial charge in [-0.15, -0.1) is 0 Å². The number of halogens is 6. The Balaban J connectivity index is 3.26. The molecule has 1 aromatic rings. The van der Waals surface area contributed by atoms with Crippen LogP contribution in [0.25, 0.3) is 0 Å². The number of benzene rings is 1. The number of ketones is 1. The summed E-state index contributed by atoms with van der Waals surface area (Å²) in [6, 6.07) is 1.16. The van der Waals surface area contributed by atoms with Gasteiger partial charge in [0.15, 0.2) is 11.6 Å². The Morgan fingerprint density at radius 1 is 1.30 bits per heavy atom. The number of alkyl halides is 3. The second-order valence-electron chi connectivity index (χ2n) is 3.89. The number of carbonyl (C=O) groups excluding carboxylic acids is 1. The molecule has 0 aliphatic heterocycles. The van der Waals surface area contributed by atoms with Crippen LogP contribution in [0.3, 0.4) is 0 Å². The Kier molecular flexibility index (Phi) is 6.00. The lowest BCUT2D eigenvalue weighted by Gasteiger charge is -2.14. The average molecular weight is 422 g/mol. The van der Waals surface area contributed by atoms with Crippen molar-refractivity contribution in [1.29, 1.82) is 0 Å². The van der Waals surface area contributed by atoms with E-state index in [0.29, 0.717) is 6.42 Å². The molecule has 0 saturated heterocycles. The Morgan fingerprint density at radius 2 is 1.90 bits per heavy atom. The van der Waals surface area contributed by atoms with E-state index in [9.17, 15) is 22.4 Å². The minimum absolute atomic E-state index is 0.136. The first-order valence-electron chi connectivity index (χ1n) is 5.62. The summed E-state index contributed by atoms with van der Waals surface area (Å²) in [5.41, 5.74) is -1.08. The van der Waals surface area contributed by atoms with E-state index >= 15 is 0 Å². The highest BCUT2D eigenvalue weighted by Crippen LogP contribution is 2.38. The maximum Gasteiger partial charge on any atom is 0.455 e. The zero-order valence-corrected chi connectivity index (χ0v) is 13.5. The summed E-state index contributed by atoms with van der Waals surface area (Å²) in [5, 5.41) is 0. The molecule has 8 heteroatoms. The van der Waals surface area contributed by atoms with E-state index in [0.717, 1.165) is 12.5 Å². The molecule has 0 radical (unpaired) electrons. The zero-order chi connectivity index (χ0) is 15.5. The van der Waals surface area contributed by atoms with Crippen LogP contribution in [-0.4, -0.2) is 18.6 Å². The molecule has 0 unspecified atom stereocenters. The standard InChI is InChI=1S/C12H10Br2F4O2/c1-2-3-4-20-10-7(14)5-6(13)8(9(10)15)11(19)12(16,17)18/h5H,2-4H2,1H3. The van der Waals surface area contributed by atoms with Gasteiger partial charge in [0.25, 0.3) is 5.78 Å². The molecule has 0 fully saturated rings. The summed E-state index contributed by atoms with van der Waals surface area (Å²) in [5.74, 6) is -3.98. The van der Waals surface area contributed by atoms with Gasteiger partial charge < -0.3 is 4.74 Å². The molecule has 1 aromatic carbocycles. The Morgan fingerprint density at radius 3 is 2.40 bits per heavy atom. The van der Waals surface area contributed by atoms with Crippen molar-refractivity contribution in [3.05, 3.63) is 26.4 Å². The van der Waals surface area contributed by atoms with E-state index in [1.54, 1.807) is 0 Å². The third-order valence-electron chi connectivity index (χ3n) is 2.36. The summed E-state index contributed by atoms with van der Waals surface area (Å²) in [7, 11) is 0. The van der Waals surface area contributed by atoms with E-state index in [2.05, 4.69) is 31.9 Å². The van der Waals surface area contributed by atoms with Crippen LogP contribution in [-0.2, 0) is 0 Å². The van der Waals surface area contributed by atoms with Gasteiger partial charge in [0.05, 0.1) is 16.6 Å². The van der Waals surface area contributed by atoms with E-state index < -0.39 is 29.1 Å². The Hall–Kier alpha value is -0.630. The SMILES string of the molecule is CCCCOc1c(Br)cc(Br)c(C(=O)C(F)(F)F)c1F. The van der Waals surface area contributed by atoms with Gasteiger partial charge in [-0.3, -0.25) is 4.79 Å². The number of Topliss-reactive ketones (excluding diaryl/α,β-unsaturated/α-hetero) is 1. The van der Waals surface area contributed by atoms with Crippen LogP contribution < -0.4 is 4.74 Å². The number of hydrogen-bond donors (Lipinski definition) is 0. The molecular weight excluding hydrogens is 412 g/mol. The Bertz CT molecular complexity index is 515. The van der Waals surface area contributed by atoms with Crippen molar-refractivity contribution in [3.8, 4) is 5.75 Å². The number of unbranched alkanes of at least 4 members (excludes halogenated alkanes) is 1. The van der Waals surface area contributed by atoms with Gasteiger partial charge in [0, 0.05) is 4.47 Å². The fourth-order valence-electron chi connectivity index (χ4n) is 1.37. The van der Waals surface area contributed by atoms with Crippen molar-refractivity contribution in [2.45, 2.75) is 25.9 Å². The topological polar surface area (TPSA) is 26.3 Å². The van der Waals surface area contributed by atoms with Crippen LogP contribution in [0, 0.1) is 5.82 Å². The van der Waals surface area contributed by atoms with E-state index in [1.807, 2.05) is 6.92 Å². The molecule has 2 nitrogen and oxygen atoms in total. The van der Waals surface area contributed by atoms with Crippen molar-refractivity contribution < 1.29 is 27.1 Å². The molecule has 0 heterocycles. The third kappa shape index (κ3) is 3.94. The predicted octanol–water partition coefficient (Wildman–Crippen LogP) is 5.27. The summed E-state index contributed by atoms with van der Waals surface area (Å²) < 4.78 is 56.4. The molecule has 0 atom stereocenters. The third-order valence-corrected chi connectivity index (χ3v) is 3.57. The lowest BCUT2D eigenvalue weighted by Crippen LogP contribution is -2.24. The molecule has 0 spiro atoms. The summed E-state index contributed by atoms with van der Waals surface area (Å²) in [6.07, 6.45) is -3.76. The van der Waals surface area contributed by atoms with Gasteiger partial charge in [0.1, 0.15) is 0 Å². The Labute approximate surface area is 129 Å². The molecule has 1 rings (SSSR count). The van der Waals surface area contributed by atoms with E-state index in [4.69, 9.17) is 4.74 Å². The normalized spacial score (nSPS) is 11.6. The van der Waals surface area contributed by atoms with Crippen molar-refractivity contribution in [1.82, 2.24) is 0 Å². The van der Waals surface area contributed by atoms with Crippen LogP contribution in [0.1, 0.15) is 30.1 Å². The monoisotopic (exact) mass is 420 g/mol. The highest BCUT2D eigenvalue weighted by molar-refractivity contribution is 9.11. The average Bonchev–Trinajstić information content (AvgIpc) is 2.31. The number of rotatable bonds is 5.